The van der Waals surface area contributed by atoms with E-state index in [9.17, 15) is 4.39 Å². The van der Waals surface area contributed by atoms with Crippen molar-refractivity contribution < 1.29 is 4.39 Å². The molecule has 6 rings (SSSR count). The van der Waals surface area contributed by atoms with Gasteiger partial charge in [-0.25, -0.2) is 9.37 Å². The minimum Gasteiger partial charge on any atom is -0.314 e. The number of aromatic nitrogens is 3. The van der Waals surface area contributed by atoms with Crippen molar-refractivity contribution in [1.29, 1.82) is 0 Å². The van der Waals surface area contributed by atoms with E-state index in [1.807, 2.05) is 25.4 Å². The lowest BCUT2D eigenvalue weighted by atomic mass is 10.0. The predicted molar refractivity (Wildman–Crippen MR) is 130 cm³/mol. The standard InChI is InChI=1S/C27H24FN5/c1-17-12-23(22-14-21(28)6-7-24(22)32-17)26-16-31-27-13-20(8-11-33(26)27)18-2-4-19(5-3-18)25-15-29-9-10-30-25/h2-8,11-14,16,25,29-30H,9-10,15H2,1H3. The molecule has 1 unspecified atom stereocenters. The molecule has 0 bridgehead atoms. The van der Waals surface area contributed by atoms with Gasteiger partial charge in [-0.1, -0.05) is 24.3 Å². The van der Waals surface area contributed by atoms with E-state index in [4.69, 9.17) is 0 Å². The number of hydrogen-bond donors (Lipinski definition) is 2. The fourth-order valence-electron chi connectivity index (χ4n) is 4.70. The van der Waals surface area contributed by atoms with Gasteiger partial charge in [0.25, 0.3) is 0 Å². The smallest absolute Gasteiger partial charge is 0.137 e. The number of hydrogen-bond acceptors (Lipinski definition) is 4. The van der Waals surface area contributed by atoms with Gasteiger partial charge in [0.1, 0.15) is 11.5 Å². The maximum atomic E-state index is 14.0. The number of halogens is 1. The molecule has 5 nitrogen and oxygen atoms in total. The molecule has 2 aromatic carbocycles. The van der Waals surface area contributed by atoms with E-state index < -0.39 is 0 Å². The van der Waals surface area contributed by atoms with Gasteiger partial charge >= 0.3 is 0 Å². The predicted octanol–water partition coefficient (Wildman–Crippen LogP) is 4.90. The summed E-state index contributed by atoms with van der Waals surface area (Å²) in [5.41, 5.74) is 7.92. The Labute approximate surface area is 191 Å². The van der Waals surface area contributed by atoms with Crippen molar-refractivity contribution in [3.05, 3.63) is 90.1 Å². The fraction of sp³-hybridized carbons (Fsp3) is 0.185. The number of nitrogens with one attached hydrogen (secondary N) is 2. The Balaban J connectivity index is 1.38. The summed E-state index contributed by atoms with van der Waals surface area (Å²) in [6.07, 6.45) is 3.89. The molecule has 5 aromatic rings. The molecule has 1 aliphatic heterocycles. The molecule has 0 saturated carbocycles. The molecule has 33 heavy (non-hydrogen) atoms. The van der Waals surface area contributed by atoms with Crippen LogP contribution in [0, 0.1) is 12.7 Å². The number of fused-ring (bicyclic) bond motifs is 2. The van der Waals surface area contributed by atoms with Gasteiger partial charge in [0.15, 0.2) is 0 Å². The number of pyridine rings is 2. The van der Waals surface area contributed by atoms with Gasteiger partial charge in [-0.05, 0) is 60.0 Å². The summed E-state index contributed by atoms with van der Waals surface area (Å²) in [4.78, 5) is 9.22. The molecule has 3 aromatic heterocycles. The molecule has 0 aliphatic carbocycles. The number of aryl methyl sites for hydroxylation is 1. The first-order valence-electron chi connectivity index (χ1n) is 11.2. The summed E-state index contributed by atoms with van der Waals surface area (Å²) in [6, 6.07) is 20.0. The maximum absolute atomic E-state index is 14.0. The minimum absolute atomic E-state index is 0.270. The van der Waals surface area contributed by atoms with Crippen LogP contribution in [0.2, 0.25) is 0 Å². The average Bonchev–Trinajstić information content (AvgIpc) is 3.28. The second-order valence-electron chi connectivity index (χ2n) is 8.59. The van der Waals surface area contributed by atoms with Crippen LogP contribution < -0.4 is 10.6 Å². The third-order valence-electron chi connectivity index (χ3n) is 6.38. The van der Waals surface area contributed by atoms with Crippen molar-refractivity contribution in [2.75, 3.05) is 19.6 Å². The van der Waals surface area contributed by atoms with Gasteiger partial charge in [0.2, 0.25) is 0 Å². The largest absolute Gasteiger partial charge is 0.314 e. The van der Waals surface area contributed by atoms with Crippen molar-refractivity contribution in [2.24, 2.45) is 0 Å². The molecule has 6 heteroatoms. The van der Waals surface area contributed by atoms with Crippen LogP contribution in [-0.2, 0) is 0 Å². The summed E-state index contributed by atoms with van der Waals surface area (Å²) in [5, 5.41) is 7.77. The molecule has 1 saturated heterocycles. The van der Waals surface area contributed by atoms with Crippen molar-refractivity contribution in [1.82, 2.24) is 25.0 Å². The first-order valence-corrected chi connectivity index (χ1v) is 11.2. The van der Waals surface area contributed by atoms with E-state index in [1.54, 1.807) is 12.1 Å². The molecule has 1 fully saturated rings. The van der Waals surface area contributed by atoms with E-state index in [-0.39, 0.29) is 5.82 Å². The molecule has 2 N–H and O–H groups in total. The normalized spacial score (nSPS) is 16.5. The van der Waals surface area contributed by atoms with Gasteiger partial charge in [0, 0.05) is 48.5 Å². The highest BCUT2D eigenvalue weighted by Crippen LogP contribution is 2.31. The van der Waals surface area contributed by atoms with Gasteiger partial charge < -0.3 is 10.6 Å². The van der Waals surface area contributed by atoms with Crippen LogP contribution in [0.3, 0.4) is 0 Å². The second-order valence-corrected chi connectivity index (χ2v) is 8.59. The van der Waals surface area contributed by atoms with Crippen molar-refractivity contribution in [2.45, 2.75) is 13.0 Å². The highest BCUT2D eigenvalue weighted by Gasteiger charge is 2.15. The molecular formula is C27H24FN5. The molecule has 164 valence electrons. The third kappa shape index (κ3) is 3.67. The Bertz CT molecular complexity index is 1470. The van der Waals surface area contributed by atoms with Gasteiger partial charge in [-0.15, -0.1) is 0 Å². The minimum atomic E-state index is -0.270. The van der Waals surface area contributed by atoms with Crippen molar-refractivity contribution in [3.8, 4) is 22.4 Å². The zero-order valence-electron chi connectivity index (χ0n) is 18.3. The van der Waals surface area contributed by atoms with Crippen LogP contribution >= 0.6 is 0 Å². The fourth-order valence-corrected chi connectivity index (χ4v) is 4.70. The Hall–Kier alpha value is -3.61. The molecule has 4 heterocycles. The quantitative estimate of drug-likeness (QED) is 0.422. The number of nitrogens with zero attached hydrogens (tertiary/aromatic N) is 3. The number of piperazine rings is 1. The SMILES string of the molecule is Cc1cc(-c2cnc3cc(-c4ccc(C5CNCCN5)cc4)ccn23)c2cc(F)ccc2n1. The average molecular weight is 438 g/mol. The Morgan fingerprint density at radius 1 is 0.970 bits per heavy atom. The summed E-state index contributed by atoms with van der Waals surface area (Å²) in [6.45, 7) is 4.92. The van der Waals surface area contributed by atoms with E-state index in [0.29, 0.717) is 6.04 Å². The maximum Gasteiger partial charge on any atom is 0.137 e. The lowest BCUT2D eigenvalue weighted by molar-refractivity contribution is 0.430. The molecule has 0 spiro atoms. The summed E-state index contributed by atoms with van der Waals surface area (Å²) < 4.78 is 16.1. The summed E-state index contributed by atoms with van der Waals surface area (Å²) in [7, 11) is 0. The first-order chi connectivity index (χ1) is 16.2. The van der Waals surface area contributed by atoms with Crippen LogP contribution in [0.1, 0.15) is 17.3 Å². The zero-order chi connectivity index (χ0) is 22.4. The summed E-state index contributed by atoms with van der Waals surface area (Å²) in [5.74, 6) is -0.270. The van der Waals surface area contributed by atoms with Crippen molar-refractivity contribution in [3.63, 3.8) is 0 Å². The number of imidazole rings is 1. The molecule has 1 aliphatic rings. The van der Waals surface area contributed by atoms with E-state index in [1.165, 1.54) is 11.6 Å². The Kier molecular flexibility index (Phi) is 4.89. The van der Waals surface area contributed by atoms with Gasteiger partial charge in [-0.3, -0.25) is 9.38 Å². The zero-order valence-corrected chi connectivity index (χ0v) is 18.3. The summed E-state index contributed by atoms with van der Waals surface area (Å²) >= 11 is 0. The molecule has 1 atom stereocenters. The van der Waals surface area contributed by atoms with Crippen LogP contribution in [0.4, 0.5) is 4.39 Å². The van der Waals surface area contributed by atoms with Crippen LogP contribution in [0.5, 0.6) is 0 Å². The topological polar surface area (TPSA) is 54.2 Å². The lowest BCUT2D eigenvalue weighted by Crippen LogP contribution is -2.42. The van der Waals surface area contributed by atoms with Gasteiger partial charge in [-0.2, -0.15) is 0 Å². The highest BCUT2D eigenvalue weighted by molar-refractivity contribution is 5.94. The van der Waals surface area contributed by atoms with Crippen LogP contribution in [0.25, 0.3) is 38.9 Å². The van der Waals surface area contributed by atoms with Gasteiger partial charge in [0.05, 0.1) is 17.4 Å². The Morgan fingerprint density at radius 2 is 1.85 bits per heavy atom. The van der Waals surface area contributed by atoms with Crippen LogP contribution in [0.15, 0.2) is 73.1 Å². The molecular weight excluding hydrogens is 413 g/mol. The number of benzene rings is 2. The van der Waals surface area contributed by atoms with E-state index in [0.717, 1.165) is 64.3 Å². The van der Waals surface area contributed by atoms with Crippen LogP contribution in [-0.4, -0.2) is 34.0 Å². The molecule has 0 radical (unpaired) electrons. The second kappa shape index (κ2) is 8.06. The van der Waals surface area contributed by atoms with E-state index in [2.05, 4.69) is 61.4 Å². The lowest BCUT2D eigenvalue weighted by Gasteiger charge is -2.25. The Morgan fingerprint density at radius 3 is 2.67 bits per heavy atom. The van der Waals surface area contributed by atoms with Crippen molar-refractivity contribution >= 4 is 16.6 Å². The first kappa shape index (κ1) is 20.0. The molecule has 0 amide bonds. The monoisotopic (exact) mass is 437 g/mol. The highest BCUT2D eigenvalue weighted by atomic mass is 19.1. The third-order valence-corrected chi connectivity index (χ3v) is 6.38. The van der Waals surface area contributed by atoms with E-state index >= 15 is 0 Å². The number of rotatable bonds is 3.